The van der Waals surface area contributed by atoms with Gasteiger partial charge in [0, 0.05) is 20.1 Å². The van der Waals surface area contributed by atoms with E-state index in [9.17, 15) is 0 Å². The van der Waals surface area contributed by atoms with Gasteiger partial charge in [-0.05, 0) is 18.2 Å². The molecule has 0 spiro atoms. The van der Waals surface area contributed by atoms with E-state index in [1.807, 2.05) is 11.8 Å². The molecule has 0 aliphatic rings. The Morgan fingerprint density at radius 2 is 2.17 bits per heavy atom. The third kappa shape index (κ3) is 9.06. The van der Waals surface area contributed by atoms with Gasteiger partial charge in [-0.15, -0.1) is 9.24 Å². The van der Waals surface area contributed by atoms with Crippen molar-refractivity contribution in [3.05, 3.63) is 0 Å². The van der Waals surface area contributed by atoms with Crippen LogP contribution in [0, 0.1) is 0 Å². The Labute approximate surface area is 59.4 Å². The molecule has 3 heteroatoms. The van der Waals surface area contributed by atoms with Gasteiger partial charge in [0.05, 0.1) is 0 Å². The van der Waals surface area contributed by atoms with Gasteiger partial charge >= 0.3 is 0 Å². The molecule has 0 nitrogen and oxygen atoms in total. The van der Waals surface area contributed by atoms with Gasteiger partial charge in [0.15, 0.2) is 0 Å². The van der Waals surface area contributed by atoms with Crippen molar-refractivity contribution >= 4 is 21.0 Å². The Kier molecular flexibility index (Phi) is 16.8. The van der Waals surface area contributed by atoms with Gasteiger partial charge in [0.1, 0.15) is 0 Å². The van der Waals surface area contributed by atoms with Crippen molar-refractivity contribution in [1.29, 1.82) is 0 Å². The molecule has 0 aromatic rings. The van der Waals surface area contributed by atoms with Crippen LogP contribution in [0.3, 0.4) is 0 Å². The summed E-state index contributed by atoms with van der Waals surface area (Å²) in [4.78, 5) is 0. The summed E-state index contributed by atoms with van der Waals surface area (Å²) >= 11 is 1.88. The average Bonchev–Trinajstić information content (AvgIpc) is 1.41. The van der Waals surface area contributed by atoms with E-state index in [0.29, 0.717) is 0 Å². The third-order valence-corrected chi connectivity index (χ3v) is 1.67. The molecule has 1 atom stereocenters. The van der Waals surface area contributed by atoms with Crippen molar-refractivity contribution in [2.24, 2.45) is 0 Å². The Morgan fingerprint density at radius 3 is 2.17 bits per heavy atom. The first kappa shape index (κ1) is 10.4. The largest absolute Gasteiger partial charge is 0.165 e. The number of rotatable bonds is 2. The van der Waals surface area contributed by atoms with Gasteiger partial charge in [0.2, 0.25) is 0 Å². The summed E-state index contributed by atoms with van der Waals surface area (Å²) < 4.78 is 0. The van der Waals surface area contributed by atoms with Crippen molar-refractivity contribution < 1.29 is 20.1 Å². The van der Waals surface area contributed by atoms with Gasteiger partial charge in [-0.2, -0.15) is 11.8 Å². The van der Waals surface area contributed by atoms with Crippen molar-refractivity contribution in [3.8, 4) is 0 Å². The van der Waals surface area contributed by atoms with Crippen LogP contribution in [-0.2, 0) is 20.1 Å². The molecule has 0 aromatic heterocycles. The standard InChI is InChI=1S/C3H9PS.Ir/c1-5-3-2-4;/h2-4H2,1H3;. The first-order valence-corrected chi connectivity index (χ1v) is 3.82. The van der Waals surface area contributed by atoms with E-state index in [1.165, 1.54) is 11.9 Å². The minimum Gasteiger partial charge on any atom is -0.165 e. The summed E-state index contributed by atoms with van der Waals surface area (Å²) in [6.45, 7) is 0. The average molecular weight is 300 g/mol. The van der Waals surface area contributed by atoms with Crippen LogP contribution in [0.5, 0.6) is 0 Å². The maximum absolute atomic E-state index is 2.68. The molecule has 1 unspecified atom stereocenters. The van der Waals surface area contributed by atoms with Crippen LogP contribution in [0.15, 0.2) is 0 Å². The Balaban J connectivity index is 0. The van der Waals surface area contributed by atoms with E-state index in [4.69, 9.17) is 0 Å². The van der Waals surface area contributed by atoms with Crippen LogP contribution in [-0.4, -0.2) is 18.2 Å². The van der Waals surface area contributed by atoms with Crippen molar-refractivity contribution in [2.75, 3.05) is 18.2 Å². The number of hydrogen-bond donors (Lipinski definition) is 0. The molecular weight excluding hydrogens is 291 g/mol. The maximum Gasteiger partial charge on any atom is 0 e. The van der Waals surface area contributed by atoms with Crippen molar-refractivity contribution in [2.45, 2.75) is 0 Å². The van der Waals surface area contributed by atoms with Crippen LogP contribution in [0.1, 0.15) is 0 Å². The molecule has 0 aromatic carbocycles. The van der Waals surface area contributed by atoms with Gasteiger partial charge in [0.25, 0.3) is 0 Å². The molecule has 0 saturated heterocycles. The van der Waals surface area contributed by atoms with Crippen LogP contribution in [0.4, 0.5) is 0 Å². The molecule has 0 amide bonds. The molecule has 0 N–H and O–H groups in total. The predicted octanol–water partition coefficient (Wildman–Crippen LogP) is 1.22. The minimum absolute atomic E-state index is 0. The second-order valence-corrected chi connectivity index (χ2v) is 2.34. The Morgan fingerprint density at radius 1 is 1.67 bits per heavy atom. The summed E-state index contributed by atoms with van der Waals surface area (Å²) in [5.74, 6) is 1.27. The summed E-state index contributed by atoms with van der Waals surface area (Å²) in [5, 5.41) is 0. The zero-order valence-electron chi connectivity index (χ0n) is 3.73. The first-order valence-electron chi connectivity index (χ1n) is 1.61. The molecular formula is C3H9IrPS. The Bertz CT molecular complexity index is 18.3. The maximum atomic E-state index is 2.68. The van der Waals surface area contributed by atoms with Gasteiger partial charge in [-0.3, -0.25) is 0 Å². The smallest absolute Gasteiger partial charge is 0 e. The molecule has 0 aliphatic carbocycles. The van der Waals surface area contributed by atoms with E-state index in [2.05, 4.69) is 15.5 Å². The SMILES string of the molecule is CSCCP.[Ir]. The van der Waals surface area contributed by atoms with Gasteiger partial charge in [-0.25, -0.2) is 0 Å². The fourth-order valence-corrected chi connectivity index (χ4v) is 1.06. The summed E-state index contributed by atoms with van der Waals surface area (Å²) in [7, 11) is 2.68. The zero-order valence-corrected chi connectivity index (χ0v) is 8.10. The van der Waals surface area contributed by atoms with E-state index in [0.717, 1.165) is 0 Å². The zero-order chi connectivity index (χ0) is 4.12. The normalized spacial score (nSPS) is 7.00. The molecule has 0 bridgehead atoms. The van der Waals surface area contributed by atoms with E-state index in [-0.39, 0.29) is 20.1 Å². The first-order chi connectivity index (χ1) is 2.41. The van der Waals surface area contributed by atoms with Crippen molar-refractivity contribution in [3.63, 3.8) is 0 Å². The van der Waals surface area contributed by atoms with Gasteiger partial charge in [-0.1, -0.05) is 0 Å². The number of hydrogen-bond acceptors (Lipinski definition) is 1. The van der Waals surface area contributed by atoms with E-state index < -0.39 is 0 Å². The van der Waals surface area contributed by atoms with Crippen LogP contribution >= 0.6 is 21.0 Å². The molecule has 0 heterocycles. The second-order valence-electron chi connectivity index (χ2n) is 0.781. The molecule has 1 radical (unpaired) electrons. The fourth-order valence-electron chi connectivity index (χ4n) is 0.118. The van der Waals surface area contributed by atoms with Crippen LogP contribution < -0.4 is 0 Å². The topological polar surface area (TPSA) is 0 Å². The van der Waals surface area contributed by atoms with E-state index in [1.54, 1.807) is 0 Å². The minimum atomic E-state index is 0. The quantitative estimate of drug-likeness (QED) is 0.691. The Hall–Kier alpha value is 1.43. The van der Waals surface area contributed by atoms with Crippen molar-refractivity contribution in [1.82, 2.24) is 0 Å². The molecule has 0 rings (SSSR count). The predicted molar refractivity (Wildman–Crippen MR) is 33.0 cm³/mol. The molecule has 0 fully saturated rings. The van der Waals surface area contributed by atoms with Crippen LogP contribution in [0.2, 0.25) is 0 Å². The van der Waals surface area contributed by atoms with Gasteiger partial charge < -0.3 is 0 Å². The second kappa shape index (κ2) is 9.66. The van der Waals surface area contributed by atoms with Crippen LogP contribution in [0.25, 0.3) is 0 Å². The monoisotopic (exact) mass is 301 g/mol. The molecule has 0 saturated carbocycles. The molecule has 0 aliphatic heterocycles. The summed E-state index contributed by atoms with van der Waals surface area (Å²) in [6, 6.07) is 0. The summed E-state index contributed by atoms with van der Waals surface area (Å²) in [5.41, 5.74) is 0. The number of thioether (sulfide) groups is 1. The molecule has 41 valence electrons. The summed E-state index contributed by atoms with van der Waals surface area (Å²) in [6.07, 6.45) is 3.34. The van der Waals surface area contributed by atoms with E-state index >= 15 is 0 Å². The third-order valence-electron chi connectivity index (χ3n) is 0.322. The molecule has 6 heavy (non-hydrogen) atoms. The fraction of sp³-hybridized carbons (Fsp3) is 1.00.